The molecular formula is C28H32N8O3. The van der Waals surface area contributed by atoms with Crippen molar-refractivity contribution >= 4 is 17.3 Å². The Morgan fingerprint density at radius 3 is 2.67 bits per heavy atom. The summed E-state index contributed by atoms with van der Waals surface area (Å²) in [6.07, 6.45) is 2.46. The van der Waals surface area contributed by atoms with Crippen LogP contribution in [-0.2, 0) is 4.74 Å². The number of anilines is 3. The first-order valence-corrected chi connectivity index (χ1v) is 13.3. The zero-order chi connectivity index (χ0) is 26.6. The number of hydrogen-bond acceptors (Lipinski definition) is 11. The first-order valence-electron chi connectivity index (χ1n) is 13.3. The van der Waals surface area contributed by atoms with Crippen molar-refractivity contribution in [3.63, 3.8) is 0 Å². The molecule has 0 radical (unpaired) electrons. The van der Waals surface area contributed by atoms with E-state index in [1.807, 2.05) is 24.3 Å². The second kappa shape index (κ2) is 11.4. The SMILES string of the molecule is COc1cc(Nc2ncnc(-c3ccc(OC4CCNC4)c(C#N)c3)n2)ccc1N1CCN(C2COC2)CC1. The van der Waals surface area contributed by atoms with Crippen molar-refractivity contribution in [2.45, 2.75) is 18.6 Å². The fraction of sp³-hybridized carbons (Fsp3) is 0.429. The number of benzene rings is 2. The molecular weight excluding hydrogens is 496 g/mol. The van der Waals surface area contributed by atoms with Crippen LogP contribution in [0.3, 0.4) is 0 Å². The Morgan fingerprint density at radius 2 is 1.95 bits per heavy atom. The quantitative estimate of drug-likeness (QED) is 0.448. The van der Waals surface area contributed by atoms with E-state index in [2.05, 4.69) is 47.5 Å². The van der Waals surface area contributed by atoms with Crippen molar-refractivity contribution < 1.29 is 14.2 Å². The first kappa shape index (κ1) is 25.3. The molecule has 2 N–H and O–H groups in total. The van der Waals surface area contributed by atoms with Crippen LogP contribution >= 0.6 is 0 Å². The minimum absolute atomic E-state index is 0.0753. The lowest BCUT2D eigenvalue weighted by molar-refractivity contribution is -0.0660. The van der Waals surface area contributed by atoms with Crippen LogP contribution in [0.2, 0.25) is 0 Å². The molecule has 202 valence electrons. The second-order valence-corrected chi connectivity index (χ2v) is 9.91. The van der Waals surface area contributed by atoms with Crippen LogP contribution in [0.5, 0.6) is 11.5 Å². The first-order chi connectivity index (χ1) is 19.2. The van der Waals surface area contributed by atoms with E-state index in [0.29, 0.717) is 29.1 Å². The highest BCUT2D eigenvalue weighted by Crippen LogP contribution is 2.33. The molecule has 3 aliphatic heterocycles. The van der Waals surface area contributed by atoms with Crippen LogP contribution < -0.4 is 25.0 Å². The molecule has 3 aliphatic rings. The molecule has 6 rings (SSSR count). The maximum atomic E-state index is 9.70. The van der Waals surface area contributed by atoms with Crippen LogP contribution in [0.4, 0.5) is 17.3 Å². The summed E-state index contributed by atoms with van der Waals surface area (Å²) in [5.74, 6) is 2.24. The van der Waals surface area contributed by atoms with Gasteiger partial charge in [0.1, 0.15) is 30.0 Å². The summed E-state index contributed by atoms with van der Waals surface area (Å²) in [6, 6.07) is 14.3. The third-order valence-electron chi connectivity index (χ3n) is 7.47. The molecule has 11 nitrogen and oxygen atoms in total. The molecule has 2 aromatic carbocycles. The lowest BCUT2D eigenvalue weighted by atomic mass is 10.1. The Balaban J connectivity index is 1.15. The van der Waals surface area contributed by atoms with Gasteiger partial charge in [-0.15, -0.1) is 0 Å². The van der Waals surface area contributed by atoms with Gasteiger partial charge >= 0.3 is 0 Å². The fourth-order valence-corrected chi connectivity index (χ4v) is 5.17. The van der Waals surface area contributed by atoms with Gasteiger partial charge in [-0.1, -0.05) is 0 Å². The number of methoxy groups -OCH3 is 1. The number of nitrogens with one attached hydrogen (secondary N) is 2. The van der Waals surface area contributed by atoms with E-state index < -0.39 is 0 Å². The molecule has 1 atom stereocenters. The Hall–Kier alpha value is -3.98. The van der Waals surface area contributed by atoms with Crippen LogP contribution in [-0.4, -0.2) is 91.6 Å². The van der Waals surface area contributed by atoms with E-state index in [4.69, 9.17) is 14.2 Å². The smallest absolute Gasteiger partial charge is 0.230 e. The maximum Gasteiger partial charge on any atom is 0.230 e. The molecule has 0 bridgehead atoms. The van der Waals surface area contributed by atoms with Crippen molar-refractivity contribution in [1.29, 1.82) is 5.26 Å². The predicted molar refractivity (Wildman–Crippen MR) is 147 cm³/mol. The highest BCUT2D eigenvalue weighted by molar-refractivity contribution is 5.68. The fourth-order valence-electron chi connectivity index (χ4n) is 5.17. The third kappa shape index (κ3) is 5.59. The highest BCUT2D eigenvalue weighted by Gasteiger charge is 2.29. The predicted octanol–water partition coefficient (Wildman–Crippen LogP) is 2.42. The lowest BCUT2D eigenvalue weighted by Gasteiger charge is -2.43. The number of nitriles is 1. The number of piperazine rings is 1. The van der Waals surface area contributed by atoms with Gasteiger partial charge in [0.25, 0.3) is 0 Å². The number of ether oxygens (including phenoxy) is 3. The molecule has 0 saturated carbocycles. The molecule has 1 aromatic heterocycles. The van der Waals surface area contributed by atoms with Gasteiger partial charge in [0.15, 0.2) is 5.82 Å². The van der Waals surface area contributed by atoms with Crippen molar-refractivity contribution in [1.82, 2.24) is 25.2 Å². The van der Waals surface area contributed by atoms with Crippen LogP contribution in [0, 0.1) is 11.3 Å². The monoisotopic (exact) mass is 528 g/mol. The standard InChI is InChI=1S/C28H32N8O3/c1-37-26-13-21(3-4-24(26)36-10-8-35(9-11-36)22-16-38-17-22)33-28-32-18-31-27(34-28)19-2-5-25(20(12-19)14-29)39-23-6-7-30-15-23/h2-5,12-13,18,22-23,30H,6-11,15-17H2,1H3,(H,31,32,33,34). The third-order valence-corrected chi connectivity index (χ3v) is 7.47. The van der Waals surface area contributed by atoms with Crippen LogP contribution in [0.25, 0.3) is 11.4 Å². The molecule has 0 spiro atoms. The van der Waals surface area contributed by atoms with Gasteiger partial charge in [0.05, 0.1) is 37.6 Å². The summed E-state index contributed by atoms with van der Waals surface area (Å²) in [5.41, 5.74) is 3.05. The Bertz CT molecular complexity index is 1340. The van der Waals surface area contributed by atoms with Crippen molar-refractivity contribution in [2.75, 3.05) is 69.8 Å². The van der Waals surface area contributed by atoms with Gasteiger partial charge in [0, 0.05) is 50.0 Å². The van der Waals surface area contributed by atoms with Gasteiger partial charge in [-0.05, 0) is 43.3 Å². The van der Waals surface area contributed by atoms with Crippen LogP contribution in [0.1, 0.15) is 12.0 Å². The van der Waals surface area contributed by atoms with Crippen molar-refractivity contribution in [2.24, 2.45) is 0 Å². The molecule has 0 aliphatic carbocycles. The maximum absolute atomic E-state index is 9.70. The minimum Gasteiger partial charge on any atom is -0.495 e. The van der Waals surface area contributed by atoms with Gasteiger partial charge in [0.2, 0.25) is 5.95 Å². The van der Waals surface area contributed by atoms with E-state index >= 15 is 0 Å². The molecule has 4 heterocycles. The summed E-state index contributed by atoms with van der Waals surface area (Å²) in [7, 11) is 1.69. The second-order valence-electron chi connectivity index (χ2n) is 9.91. The zero-order valence-corrected chi connectivity index (χ0v) is 22.0. The summed E-state index contributed by atoms with van der Waals surface area (Å²) in [4.78, 5) is 18.1. The molecule has 3 fully saturated rings. The Kier molecular flexibility index (Phi) is 7.40. The van der Waals surface area contributed by atoms with Crippen molar-refractivity contribution in [3.8, 4) is 29.0 Å². The number of hydrogen-bond donors (Lipinski definition) is 2. The topological polar surface area (TPSA) is 121 Å². The molecule has 11 heteroatoms. The molecule has 3 aromatic rings. The molecule has 39 heavy (non-hydrogen) atoms. The minimum atomic E-state index is 0.0753. The highest BCUT2D eigenvalue weighted by atomic mass is 16.5. The normalized spacial score (nSPS) is 19.8. The average Bonchev–Trinajstić information content (AvgIpc) is 3.46. The molecule has 0 amide bonds. The van der Waals surface area contributed by atoms with Gasteiger partial charge < -0.3 is 29.7 Å². The number of nitrogens with zero attached hydrogens (tertiary/aromatic N) is 6. The van der Waals surface area contributed by atoms with Gasteiger partial charge in [-0.2, -0.15) is 10.2 Å². The molecule has 3 saturated heterocycles. The molecule has 1 unspecified atom stereocenters. The van der Waals surface area contributed by atoms with E-state index in [9.17, 15) is 5.26 Å². The summed E-state index contributed by atoms with van der Waals surface area (Å²) >= 11 is 0. The van der Waals surface area contributed by atoms with Gasteiger partial charge in [-0.3, -0.25) is 4.90 Å². The summed E-state index contributed by atoms with van der Waals surface area (Å²) in [5, 5.41) is 16.2. The van der Waals surface area contributed by atoms with E-state index in [-0.39, 0.29) is 6.10 Å². The summed E-state index contributed by atoms with van der Waals surface area (Å²) < 4.78 is 17.1. The van der Waals surface area contributed by atoms with E-state index in [0.717, 1.165) is 81.6 Å². The lowest BCUT2D eigenvalue weighted by Crippen LogP contribution is -2.56. The summed E-state index contributed by atoms with van der Waals surface area (Å²) in [6.45, 7) is 7.33. The zero-order valence-electron chi connectivity index (χ0n) is 22.0. The largest absolute Gasteiger partial charge is 0.495 e. The van der Waals surface area contributed by atoms with Crippen molar-refractivity contribution in [3.05, 3.63) is 48.3 Å². The van der Waals surface area contributed by atoms with Crippen LogP contribution in [0.15, 0.2) is 42.7 Å². The van der Waals surface area contributed by atoms with E-state index in [1.165, 1.54) is 6.33 Å². The Morgan fingerprint density at radius 1 is 1.08 bits per heavy atom. The average molecular weight is 529 g/mol. The Labute approximate surface area is 227 Å². The number of aromatic nitrogens is 3. The van der Waals surface area contributed by atoms with E-state index in [1.54, 1.807) is 13.2 Å². The van der Waals surface area contributed by atoms with Gasteiger partial charge in [-0.25, -0.2) is 9.97 Å². The number of rotatable bonds is 8.